The van der Waals surface area contributed by atoms with E-state index in [1.165, 1.54) is 35.7 Å². The average molecular weight is 304 g/mol. The van der Waals surface area contributed by atoms with Crippen LogP contribution in [0.5, 0.6) is 0 Å². The maximum Gasteiger partial charge on any atom is 0.310 e. The Kier molecular flexibility index (Phi) is 4.13. The molecule has 1 fully saturated rings. The summed E-state index contributed by atoms with van der Waals surface area (Å²) in [5.74, 6) is -0.749. The predicted molar refractivity (Wildman–Crippen MR) is 70.3 cm³/mol. The van der Waals surface area contributed by atoms with E-state index in [9.17, 15) is 13.2 Å². The number of halogens is 1. The fraction of sp³-hybridized carbons (Fsp3) is 0.417. The number of carbonyl (C=O) groups excluding carboxylic acids is 1. The molecule has 1 saturated heterocycles. The zero-order valence-corrected chi connectivity index (χ0v) is 11.9. The molecule has 19 heavy (non-hydrogen) atoms. The summed E-state index contributed by atoms with van der Waals surface area (Å²) in [7, 11) is -2.26. The molecule has 7 heteroatoms. The van der Waals surface area contributed by atoms with Gasteiger partial charge in [-0.3, -0.25) is 4.79 Å². The molecular formula is C12H14ClNO4S. The maximum atomic E-state index is 12.3. The third kappa shape index (κ3) is 2.91. The zero-order valence-electron chi connectivity index (χ0n) is 10.4. The molecule has 0 N–H and O–H groups in total. The van der Waals surface area contributed by atoms with Gasteiger partial charge in [-0.15, -0.1) is 0 Å². The molecule has 1 unspecified atom stereocenters. The highest BCUT2D eigenvalue weighted by Gasteiger charge is 2.36. The highest BCUT2D eigenvalue weighted by Crippen LogP contribution is 2.25. The molecule has 0 bridgehead atoms. The second kappa shape index (κ2) is 5.48. The Morgan fingerprint density at radius 1 is 1.37 bits per heavy atom. The molecule has 104 valence electrons. The van der Waals surface area contributed by atoms with Crippen molar-refractivity contribution in [3.63, 3.8) is 0 Å². The van der Waals surface area contributed by atoms with Crippen LogP contribution in [0, 0.1) is 5.92 Å². The lowest BCUT2D eigenvalue weighted by Crippen LogP contribution is -2.30. The van der Waals surface area contributed by atoms with Crippen molar-refractivity contribution in [3.05, 3.63) is 29.3 Å². The highest BCUT2D eigenvalue weighted by molar-refractivity contribution is 7.89. The first-order chi connectivity index (χ1) is 8.95. The van der Waals surface area contributed by atoms with Crippen molar-refractivity contribution >= 4 is 27.6 Å². The van der Waals surface area contributed by atoms with Crippen LogP contribution in [0.1, 0.15) is 6.42 Å². The van der Waals surface area contributed by atoms with Gasteiger partial charge in [0.15, 0.2) is 0 Å². The summed E-state index contributed by atoms with van der Waals surface area (Å²) in [6.07, 6.45) is 0.486. The molecule has 2 rings (SSSR count). The van der Waals surface area contributed by atoms with Gasteiger partial charge in [-0.1, -0.05) is 11.6 Å². The standard InChI is InChI=1S/C12H14ClNO4S/c1-18-12(15)9-6-7-14(8-9)19(16,17)11-4-2-10(13)3-5-11/h2-5,9H,6-8H2,1H3. The molecule has 0 radical (unpaired) electrons. The minimum absolute atomic E-state index is 0.164. The SMILES string of the molecule is COC(=O)C1CCN(S(=O)(=O)c2ccc(Cl)cc2)C1. The third-order valence-corrected chi connectivity index (χ3v) is 5.27. The Morgan fingerprint density at radius 3 is 2.58 bits per heavy atom. The summed E-state index contributed by atoms with van der Waals surface area (Å²) in [5, 5.41) is 0.479. The maximum absolute atomic E-state index is 12.3. The molecule has 1 atom stereocenters. The molecule has 0 aliphatic carbocycles. The van der Waals surface area contributed by atoms with Crippen molar-refractivity contribution < 1.29 is 17.9 Å². The quantitative estimate of drug-likeness (QED) is 0.794. The van der Waals surface area contributed by atoms with Gasteiger partial charge in [0, 0.05) is 18.1 Å². The lowest BCUT2D eigenvalue weighted by Gasteiger charge is -2.16. The number of hydrogen-bond acceptors (Lipinski definition) is 4. The lowest BCUT2D eigenvalue weighted by atomic mass is 10.1. The normalized spacial score (nSPS) is 20.4. The molecule has 1 aromatic carbocycles. The van der Waals surface area contributed by atoms with Gasteiger partial charge in [-0.25, -0.2) is 8.42 Å². The molecule has 1 aliphatic heterocycles. The van der Waals surface area contributed by atoms with E-state index >= 15 is 0 Å². The minimum Gasteiger partial charge on any atom is -0.469 e. The average Bonchev–Trinajstić information content (AvgIpc) is 2.88. The van der Waals surface area contributed by atoms with Gasteiger partial charge in [0.1, 0.15) is 0 Å². The smallest absolute Gasteiger partial charge is 0.310 e. The largest absolute Gasteiger partial charge is 0.469 e. The van der Waals surface area contributed by atoms with Crippen LogP contribution in [0.15, 0.2) is 29.2 Å². The molecule has 1 aliphatic rings. The fourth-order valence-corrected chi connectivity index (χ4v) is 3.69. The van der Waals surface area contributed by atoms with Crippen LogP contribution in [0.2, 0.25) is 5.02 Å². The van der Waals surface area contributed by atoms with Gasteiger partial charge < -0.3 is 4.74 Å². The van der Waals surface area contributed by atoms with Crippen LogP contribution < -0.4 is 0 Å². The van der Waals surface area contributed by atoms with Crippen LogP contribution in [-0.4, -0.2) is 38.9 Å². The van der Waals surface area contributed by atoms with E-state index < -0.39 is 10.0 Å². The second-order valence-electron chi connectivity index (χ2n) is 4.33. The number of nitrogens with zero attached hydrogens (tertiary/aromatic N) is 1. The van der Waals surface area contributed by atoms with E-state index in [1.54, 1.807) is 0 Å². The first-order valence-electron chi connectivity index (χ1n) is 5.78. The van der Waals surface area contributed by atoms with E-state index in [2.05, 4.69) is 4.74 Å². The second-order valence-corrected chi connectivity index (χ2v) is 6.70. The van der Waals surface area contributed by atoms with Crippen molar-refractivity contribution in [1.82, 2.24) is 4.31 Å². The van der Waals surface area contributed by atoms with E-state index in [0.29, 0.717) is 18.0 Å². The van der Waals surface area contributed by atoms with Gasteiger partial charge in [0.25, 0.3) is 0 Å². The van der Waals surface area contributed by atoms with Gasteiger partial charge >= 0.3 is 5.97 Å². The number of ether oxygens (including phenoxy) is 1. The Bertz CT molecular complexity index is 570. The summed E-state index contributed by atoms with van der Waals surface area (Å²) in [6.45, 7) is 0.488. The predicted octanol–water partition coefficient (Wildman–Crippen LogP) is 1.52. The third-order valence-electron chi connectivity index (χ3n) is 3.14. The Morgan fingerprint density at radius 2 is 2.00 bits per heavy atom. The van der Waals surface area contributed by atoms with Crippen LogP contribution in [0.4, 0.5) is 0 Å². The molecule has 5 nitrogen and oxygen atoms in total. The first kappa shape index (κ1) is 14.3. The number of hydrogen-bond donors (Lipinski definition) is 0. The van der Waals surface area contributed by atoms with Gasteiger partial charge in [-0.05, 0) is 30.7 Å². The summed E-state index contributed by atoms with van der Waals surface area (Å²) in [5.41, 5.74) is 0. The number of esters is 1. The van der Waals surface area contributed by atoms with Crippen molar-refractivity contribution in [2.24, 2.45) is 5.92 Å². The van der Waals surface area contributed by atoms with Gasteiger partial charge in [0.05, 0.1) is 17.9 Å². The van der Waals surface area contributed by atoms with Crippen LogP contribution in [-0.2, 0) is 19.6 Å². The topological polar surface area (TPSA) is 63.7 Å². The number of sulfonamides is 1. The van der Waals surface area contributed by atoms with Crippen molar-refractivity contribution in [3.8, 4) is 0 Å². The van der Waals surface area contributed by atoms with Crippen LogP contribution >= 0.6 is 11.6 Å². The van der Waals surface area contributed by atoms with Crippen molar-refractivity contribution in [1.29, 1.82) is 0 Å². The minimum atomic E-state index is -3.56. The number of rotatable bonds is 3. The molecule has 0 spiro atoms. The monoisotopic (exact) mass is 303 g/mol. The number of carbonyl (C=O) groups is 1. The summed E-state index contributed by atoms with van der Waals surface area (Å²) >= 11 is 5.74. The summed E-state index contributed by atoms with van der Waals surface area (Å²) in [6, 6.07) is 5.98. The van der Waals surface area contributed by atoms with Crippen LogP contribution in [0.3, 0.4) is 0 Å². The highest BCUT2D eigenvalue weighted by atomic mass is 35.5. The molecule has 0 aromatic heterocycles. The lowest BCUT2D eigenvalue weighted by molar-refractivity contribution is -0.144. The Balaban J connectivity index is 2.18. The first-order valence-corrected chi connectivity index (χ1v) is 7.60. The molecule has 0 saturated carbocycles. The number of benzene rings is 1. The Labute approximate surface area is 117 Å². The molecule has 1 aromatic rings. The van der Waals surface area contributed by atoms with Crippen molar-refractivity contribution in [2.75, 3.05) is 20.2 Å². The van der Waals surface area contributed by atoms with Gasteiger partial charge in [-0.2, -0.15) is 4.31 Å². The fourth-order valence-electron chi connectivity index (χ4n) is 2.06. The van der Waals surface area contributed by atoms with Gasteiger partial charge in [0.2, 0.25) is 10.0 Å². The molecule has 0 amide bonds. The zero-order chi connectivity index (χ0) is 14.0. The molecular weight excluding hydrogens is 290 g/mol. The van der Waals surface area contributed by atoms with Crippen molar-refractivity contribution in [2.45, 2.75) is 11.3 Å². The summed E-state index contributed by atoms with van der Waals surface area (Å²) < 4.78 is 30.6. The van der Waals surface area contributed by atoms with E-state index in [0.717, 1.165) is 0 Å². The van der Waals surface area contributed by atoms with E-state index in [1.807, 2.05) is 0 Å². The van der Waals surface area contributed by atoms with E-state index in [4.69, 9.17) is 11.6 Å². The Hall–Kier alpha value is -1.11. The van der Waals surface area contributed by atoms with E-state index in [-0.39, 0.29) is 23.3 Å². The van der Waals surface area contributed by atoms with Crippen LogP contribution in [0.25, 0.3) is 0 Å². The molecule has 1 heterocycles. The summed E-state index contributed by atoms with van der Waals surface area (Å²) in [4.78, 5) is 11.6. The number of methoxy groups -OCH3 is 1.